The van der Waals surface area contributed by atoms with Crippen molar-refractivity contribution in [2.45, 2.75) is 6.04 Å². The molecular weight excluding hydrogens is 346 g/mol. The average molecular weight is 365 g/mol. The normalized spacial score (nSPS) is 17.8. The van der Waals surface area contributed by atoms with Crippen molar-refractivity contribution in [2.75, 3.05) is 38.1 Å². The Labute approximate surface area is 155 Å². The molecule has 9 nitrogen and oxygen atoms in total. The zero-order chi connectivity index (χ0) is 18.5. The van der Waals surface area contributed by atoms with Gasteiger partial charge in [0.2, 0.25) is 0 Å². The number of benzene rings is 1. The van der Waals surface area contributed by atoms with Gasteiger partial charge in [0.15, 0.2) is 0 Å². The number of carbonyl (C=O) groups is 2. The van der Waals surface area contributed by atoms with E-state index in [1.54, 1.807) is 40.3 Å². The molecule has 5 rings (SSSR count). The zero-order valence-corrected chi connectivity index (χ0v) is 14.9. The highest BCUT2D eigenvalue weighted by atomic mass is 16.2. The molecule has 3 amide bonds. The van der Waals surface area contributed by atoms with Gasteiger partial charge in [0.1, 0.15) is 0 Å². The van der Waals surface area contributed by atoms with Crippen LogP contribution in [-0.4, -0.2) is 74.7 Å². The molecule has 138 valence electrons. The number of aromatic amines is 1. The molecule has 27 heavy (non-hydrogen) atoms. The van der Waals surface area contributed by atoms with Gasteiger partial charge < -0.3 is 14.8 Å². The molecule has 2 fully saturated rings. The van der Waals surface area contributed by atoms with E-state index in [0.717, 1.165) is 23.3 Å². The molecule has 0 radical (unpaired) electrons. The highest BCUT2D eigenvalue weighted by molar-refractivity contribution is 5.97. The van der Waals surface area contributed by atoms with Crippen molar-refractivity contribution in [3.63, 3.8) is 0 Å². The minimum absolute atomic E-state index is 0.00541. The lowest BCUT2D eigenvalue weighted by Crippen LogP contribution is -2.50. The number of likely N-dealkylation sites (tertiary alicyclic amines) is 1. The van der Waals surface area contributed by atoms with Crippen molar-refractivity contribution in [2.24, 2.45) is 0 Å². The maximum atomic E-state index is 12.7. The highest BCUT2D eigenvalue weighted by Crippen LogP contribution is 2.26. The third-order valence-corrected chi connectivity index (χ3v) is 5.31. The molecule has 9 heteroatoms. The molecule has 0 bridgehead atoms. The Morgan fingerprint density at radius 3 is 2.89 bits per heavy atom. The molecular formula is C18H19N7O2. The molecule has 0 aliphatic carbocycles. The number of aromatic nitrogens is 4. The highest BCUT2D eigenvalue weighted by Gasteiger charge is 2.34. The molecule has 2 aromatic heterocycles. The first kappa shape index (κ1) is 15.9. The van der Waals surface area contributed by atoms with Crippen molar-refractivity contribution < 1.29 is 9.59 Å². The zero-order valence-electron chi connectivity index (χ0n) is 14.9. The van der Waals surface area contributed by atoms with Crippen molar-refractivity contribution >= 4 is 28.7 Å². The molecule has 3 aromatic rings. The summed E-state index contributed by atoms with van der Waals surface area (Å²) in [5.74, 6) is 0.00600. The van der Waals surface area contributed by atoms with E-state index >= 15 is 0 Å². The summed E-state index contributed by atoms with van der Waals surface area (Å²) in [5.41, 5.74) is 3.16. The minimum Gasteiger partial charge on any atom is -0.345 e. The summed E-state index contributed by atoms with van der Waals surface area (Å²) in [4.78, 5) is 37.2. The van der Waals surface area contributed by atoms with Crippen LogP contribution in [0.15, 0.2) is 36.9 Å². The molecule has 4 heterocycles. The second-order valence-electron chi connectivity index (χ2n) is 7.03. The molecule has 0 saturated carbocycles. The number of likely N-dealkylation sites (N-methyl/N-ethyl adjacent to an activating group) is 1. The second kappa shape index (κ2) is 5.83. The van der Waals surface area contributed by atoms with Crippen LogP contribution in [0.1, 0.15) is 16.4 Å². The van der Waals surface area contributed by atoms with Crippen molar-refractivity contribution in [1.29, 1.82) is 0 Å². The second-order valence-corrected chi connectivity index (χ2v) is 7.03. The van der Waals surface area contributed by atoms with Crippen LogP contribution < -0.4 is 4.90 Å². The fraction of sp³-hybridized carbons (Fsp3) is 0.333. The molecule has 2 saturated heterocycles. The number of carbonyl (C=O) groups excluding carboxylic acids is 2. The first-order valence-electron chi connectivity index (χ1n) is 8.89. The van der Waals surface area contributed by atoms with Gasteiger partial charge in [0, 0.05) is 45.0 Å². The lowest BCUT2D eigenvalue weighted by atomic mass is 10.1. The van der Waals surface area contributed by atoms with Crippen molar-refractivity contribution in [1.82, 2.24) is 29.5 Å². The van der Waals surface area contributed by atoms with Crippen LogP contribution in [-0.2, 0) is 0 Å². The number of imidazole rings is 1. The van der Waals surface area contributed by atoms with E-state index in [9.17, 15) is 9.59 Å². The first-order valence-corrected chi connectivity index (χ1v) is 8.89. The predicted octanol–water partition coefficient (Wildman–Crippen LogP) is 1.33. The Morgan fingerprint density at radius 2 is 2.11 bits per heavy atom. The van der Waals surface area contributed by atoms with E-state index < -0.39 is 0 Å². The monoisotopic (exact) mass is 365 g/mol. The van der Waals surface area contributed by atoms with Gasteiger partial charge in [-0.15, -0.1) is 0 Å². The van der Waals surface area contributed by atoms with Crippen LogP contribution in [0.5, 0.6) is 0 Å². The number of hydrogen-bond acceptors (Lipinski definition) is 4. The summed E-state index contributed by atoms with van der Waals surface area (Å²) in [6.45, 7) is 2.60. The number of urea groups is 1. The lowest BCUT2D eigenvalue weighted by Gasteiger charge is -2.39. The average Bonchev–Trinajstić information content (AvgIpc) is 3.34. The van der Waals surface area contributed by atoms with E-state index in [1.807, 2.05) is 23.0 Å². The van der Waals surface area contributed by atoms with Crippen LogP contribution in [0.3, 0.4) is 0 Å². The summed E-state index contributed by atoms with van der Waals surface area (Å²) in [7, 11) is 1.79. The number of anilines is 1. The van der Waals surface area contributed by atoms with Crippen LogP contribution >= 0.6 is 0 Å². The van der Waals surface area contributed by atoms with E-state index in [4.69, 9.17) is 0 Å². The number of hydrogen-bond donors (Lipinski definition) is 1. The Morgan fingerprint density at radius 1 is 1.26 bits per heavy atom. The van der Waals surface area contributed by atoms with E-state index in [0.29, 0.717) is 25.2 Å². The number of fused-ring (bicyclic) bond motifs is 1. The number of rotatable bonds is 3. The standard InChI is InChI=1S/C18H19N7O2/c1-22-4-5-24(18(22)27)13-7-21-25(10-13)14-8-23(9-14)17(26)12-2-3-15-16(6-12)20-11-19-15/h2-3,6-7,10-11,14H,4-5,8-9H2,1H3,(H,19,20). The van der Waals surface area contributed by atoms with Crippen LogP contribution in [0.2, 0.25) is 0 Å². The van der Waals surface area contributed by atoms with Gasteiger partial charge in [-0.2, -0.15) is 5.10 Å². The van der Waals surface area contributed by atoms with Gasteiger partial charge in [0.25, 0.3) is 5.91 Å². The maximum Gasteiger partial charge on any atom is 0.324 e. The van der Waals surface area contributed by atoms with Crippen molar-refractivity contribution in [3.05, 3.63) is 42.5 Å². The molecule has 0 unspecified atom stereocenters. The van der Waals surface area contributed by atoms with Gasteiger partial charge in [0.05, 0.1) is 35.3 Å². The van der Waals surface area contributed by atoms with Gasteiger partial charge in [-0.3, -0.25) is 14.4 Å². The van der Waals surface area contributed by atoms with Crippen molar-refractivity contribution in [3.8, 4) is 0 Å². The molecule has 0 atom stereocenters. The predicted molar refractivity (Wildman–Crippen MR) is 98.6 cm³/mol. The Hall–Kier alpha value is -3.36. The Bertz CT molecular complexity index is 1030. The van der Waals surface area contributed by atoms with E-state index in [2.05, 4.69) is 15.1 Å². The third kappa shape index (κ3) is 2.54. The number of amides is 3. The van der Waals surface area contributed by atoms with Gasteiger partial charge in [-0.05, 0) is 18.2 Å². The summed E-state index contributed by atoms with van der Waals surface area (Å²) >= 11 is 0. The smallest absolute Gasteiger partial charge is 0.324 e. The van der Waals surface area contributed by atoms with Crippen LogP contribution in [0, 0.1) is 0 Å². The van der Waals surface area contributed by atoms with Gasteiger partial charge in [-0.1, -0.05) is 0 Å². The summed E-state index contributed by atoms with van der Waals surface area (Å²) in [5, 5.41) is 4.40. The number of H-pyrrole nitrogens is 1. The summed E-state index contributed by atoms with van der Waals surface area (Å²) in [6, 6.07) is 5.61. The fourth-order valence-corrected chi connectivity index (χ4v) is 3.59. The first-order chi connectivity index (χ1) is 13.1. The minimum atomic E-state index is -0.00541. The quantitative estimate of drug-likeness (QED) is 0.758. The van der Waals surface area contributed by atoms with E-state index in [-0.39, 0.29) is 18.0 Å². The molecule has 2 aliphatic heterocycles. The fourth-order valence-electron chi connectivity index (χ4n) is 3.59. The maximum absolute atomic E-state index is 12.7. The van der Waals surface area contributed by atoms with Gasteiger partial charge >= 0.3 is 6.03 Å². The molecule has 1 N–H and O–H groups in total. The van der Waals surface area contributed by atoms with Crippen LogP contribution in [0.25, 0.3) is 11.0 Å². The number of nitrogens with one attached hydrogen (secondary N) is 1. The van der Waals surface area contributed by atoms with E-state index in [1.165, 1.54) is 0 Å². The largest absolute Gasteiger partial charge is 0.345 e. The summed E-state index contributed by atoms with van der Waals surface area (Å²) < 4.78 is 1.85. The molecule has 2 aliphatic rings. The Kier molecular flexibility index (Phi) is 3.43. The lowest BCUT2D eigenvalue weighted by molar-refractivity contribution is 0.0502. The molecule has 1 aromatic carbocycles. The van der Waals surface area contributed by atoms with Crippen LogP contribution in [0.4, 0.5) is 10.5 Å². The summed E-state index contributed by atoms with van der Waals surface area (Å²) in [6.07, 6.45) is 5.23. The third-order valence-electron chi connectivity index (χ3n) is 5.31. The SMILES string of the molecule is CN1CCN(c2cnn(C3CN(C(=O)c4ccc5nc[nH]c5c4)C3)c2)C1=O. The number of nitrogens with zero attached hydrogens (tertiary/aromatic N) is 6. The Balaban J connectivity index is 1.25. The van der Waals surface area contributed by atoms with Gasteiger partial charge in [-0.25, -0.2) is 9.78 Å². The topological polar surface area (TPSA) is 90.4 Å². The molecule has 0 spiro atoms.